The molecule has 68 valence electrons. The molecule has 0 radical (unpaired) electrons. The number of carbonyl (C=O) groups excluding carboxylic acids is 1. The van der Waals surface area contributed by atoms with Crippen molar-refractivity contribution in [2.24, 2.45) is 0 Å². The summed E-state index contributed by atoms with van der Waals surface area (Å²) in [5.41, 5.74) is 1.07. The summed E-state index contributed by atoms with van der Waals surface area (Å²) in [6.07, 6.45) is 8.27. The Bertz CT molecular complexity index is 328. The van der Waals surface area contributed by atoms with Crippen LogP contribution < -0.4 is 0 Å². The molecule has 0 aliphatic carbocycles. The molecule has 0 saturated heterocycles. The number of thioether (sulfide) groups is 1. The fourth-order valence-corrected chi connectivity index (χ4v) is 2.39. The van der Waals surface area contributed by atoms with Crippen LogP contribution in [0.4, 0.5) is 0 Å². The van der Waals surface area contributed by atoms with Gasteiger partial charge >= 0.3 is 0 Å². The third kappa shape index (κ3) is 1.44. The Balaban J connectivity index is 2.31. The van der Waals surface area contributed by atoms with Gasteiger partial charge in [0, 0.05) is 11.1 Å². The molecule has 2 nitrogen and oxygen atoms in total. The lowest BCUT2D eigenvalue weighted by Gasteiger charge is -2.15. The van der Waals surface area contributed by atoms with Gasteiger partial charge in [-0.25, -0.2) is 0 Å². The Morgan fingerprint density at radius 2 is 2.38 bits per heavy atom. The smallest absolute Gasteiger partial charge is 0.236 e. The van der Waals surface area contributed by atoms with E-state index in [4.69, 9.17) is 0 Å². The number of nitrogens with zero attached hydrogens (tertiary/aromatic N) is 1. The molecule has 0 N–H and O–H groups in total. The maximum absolute atomic E-state index is 11.5. The fourth-order valence-electron chi connectivity index (χ4n) is 1.50. The van der Waals surface area contributed by atoms with Gasteiger partial charge in [-0.05, 0) is 17.9 Å². The SMILES string of the molecule is CCSC1=C2C=CC=CN2C(=O)C1. The highest BCUT2D eigenvalue weighted by Crippen LogP contribution is 2.34. The number of hydrogen-bond donors (Lipinski definition) is 0. The molecule has 0 aromatic rings. The highest BCUT2D eigenvalue weighted by molar-refractivity contribution is 8.03. The number of carbonyl (C=O) groups is 1. The van der Waals surface area contributed by atoms with Crippen LogP contribution in [-0.2, 0) is 4.79 Å². The minimum absolute atomic E-state index is 0.187. The normalized spacial score (nSPS) is 20.1. The Hall–Kier alpha value is -0.960. The maximum atomic E-state index is 11.5. The van der Waals surface area contributed by atoms with Crippen molar-refractivity contribution >= 4 is 17.7 Å². The van der Waals surface area contributed by atoms with Gasteiger partial charge < -0.3 is 0 Å². The topological polar surface area (TPSA) is 20.3 Å². The summed E-state index contributed by atoms with van der Waals surface area (Å²) < 4.78 is 0. The van der Waals surface area contributed by atoms with Gasteiger partial charge in [-0.3, -0.25) is 9.69 Å². The molecule has 0 saturated carbocycles. The Morgan fingerprint density at radius 3 is 3.15 bits per heavy atom. The molecule has 2 heterocycles. The van der Waals surface area contributed by atoms with E-state index in [1.54, 1.807) is 16.7 Å². The van der Waals surface area contributed by atoms with Crippen molar-refractivity contribution < 1.29 is 4.79 Å². The van der Waals surface area contributed by atoms with E-state index in [9.17, 15) is 4.79 Å². The summed E-state index contributed by atoms with van der Waals surface area (Å²) in [5.74, 6) is 1.21. The van der Waals surface area contributed by atoms with Crippen LogP contribution in [0.5, 0.6) is 0 Å². The highest BCUT2D eigenvalue weighted by Gasteiger charge is 2.27. The Morgan fingerprint density at radius 1 is 1.54 bits per heavy atom. The molecule has 0 fully saturated rings. The second-order valence-corrected chi connectivity index (χ2v) is 4.24. The number of allylic oxidation sites excluding steroid dienone is 3. The zero-order valence-corrected chi connectivity index (χ0v) is 8.30. The van der Waals surface area contributed by atoms with Crippen LogP contribution in [0.1, 0.15) is 13.3 Å². The van der Waals surface area contributed by atoms with Gasteiger partial charge in [-0.2, -0.15) is 0 Å². The molecule has 0 aromatic carbocycles. The zero-order valence-electron chi connectivity index (χ0n) is 7.49. The predicted molar refractivity (Wildman–Crippen MR) is 54.9 cm³/mol. The van der Waals surface area contributed by atoms with E-state index in [0.29, 0.717) is 6.42 Å². The average Bonchev–Trinajstić information content (AvgIpc) is 2.46. The van der Waals surface area contributed by atoms with Crippen molar-refractivity contribution in [2.45, 2.75) is 13.3 Å². The molecule has 3 heteroatoms. The van der Waals surface area contributed by atoms with Crippen molar-refractivity contribution in [3.8, 4) is 0 Å². The van der Waals surface area contributed by atoms with Crippen LogP contribution in [0.2, 0.25) is 0 Å². The Kier molecular flexibility index (Phi) is 2.27. The summed E-state index contributed by atoms with van der Waals surface area (Å²) in [6.45, 7) is 2.10. The minimum Gasteiger partial charge on any atom is -0.287 e. The fraction of sp³-hybridized carbons (Fsp3) is 0.300. The third-order valence-corrected chi connectivity index (χ3v) is 3.04. The zero-order chi connectivity index (χ0) is 9.26. The standard InChI is InChI=1S/C10H11NOS/c1-2-13-9-7-10(12)11-6-4-3-5-8(9)11/h3-6H,2,7H2,1H3. The van der Waals surface area contributed by atoms with Crippen LogP contribution in [-0.4, -0.2) is 16.6 Å². The van der Waals surface area contributed by atoms with Crippen LogP contribution in [0, 0.1) is 0 Å². The molecule has 0 bridgehead atoms. The summed E-state index contributed by atoms with van der Waals surface area (Å²) in [6, 6.07) is 0. The van der Waals surface area contributed by atoms with Crippen molar-refractivity contribution in [2.75, 3.05) is 5.75 Å². The summed E-state index contributed by atoms with van der Waals surface area (Å²) >= 11 is 1.76. The lowest BCUT2D eigenvalue weighted by Crippen LogP contribution is -2.18. The average molecular weight is 193 g/mol. The van der Waals surface area contributed by atoms with Gasteiger partial charge in [-0.15, -0.1) is 11.8 Å². The van der Waals surface area contributed by atoms with Crippen LogP contribution in [0.3, 0.4) is 0 Å². The molecule has 0 spiro atoms. The van der Waals surface area contributed by atoms with Crippen molar-refractivity contribution in [3.63, 3.8) is 0 Å². The first-order chi connectivity index (χ1) is 6.33. The van der Waals surface area contributed by atoms with Crippen LogP contribution in [0.15, 0.2) is 35.0 Å². The second-order valence-electron chi connectivity index (χ2n) is 2.88. The third-order valence-electron chi connectivity index (χ3n) is 2.04. The molecule has 2 rings (SSSR count). The first-order valence-corrected chi connectivity index (χ1v) is 5.34. The van der Waals surface area contributed by atoms with E-state index in [1.165, 1.54) is 4.91 Å². The summed E-state index contributed by atoms with van der Waals surface area (Å²) in [7, 11) is 0. The molecule has 2 aliphatic rings. The number of amides is 1. The van der Waals surface area contributed by atoms with Gasteiger partial charge in [0.05, 0.1) is 12.1 Å². The maximum Gasteiger partial charge on any atom is 0.236 e. The first kappa shape index (κ1) is 8.63. The number of fused-ring (bicyclic) bond motifs is 1. The van der Waals surface area contributed by atoms with E-state index in [-0.39, 0.29) is 5.91 Å². The molecule has 2 aliphatic heterocycles. The lowest BCUT2D eigenvalue weighted by molar-refractivity contribution is -0.124. The van der Waals surface area contributed by atoms with Crippen molar-refractivity contribution in [1.29, 1.82) is 0 Å². The molecule has 0 aromatic heterocycles. The number of rotatable bonds is 2. The van der Waals surface area contributed by atoms with Gasteiger partial charge in [0.1, 0.15) is 0 Å². The quantitative estimate of drug-likeness (QED) is 0.670. The van der Waals surface area contributed by atoms with E-state index in [2.05, 4.69) is 6.92 Å². The van der Waals surface area contributed by atoms with Gasteiger partial charge in [0.2, 0.25) is 5.91 Å². The van der Waals surface area contributed by atoms with E-state index in [0.717, 1.165) is 11.4 Å². The molecular weight excluding hydrogens is 182 g/mol. The minimum atomic E-state index is 0.187. The van der Waals surface area contributed by atoms with E-state index < -0.39 is 0 Å². The Labute approximate surface area is 82.0 Å². The van der Waals surface area contributed by atoms with E-state index in [1.807, 2.05) is 24.4 Å². The predicted octanol–water partition coefficient (Wildman–Crippen LogP) is 2.27. The van der Waals surface area contributed by atoms with Crippen molar-refractivity contribution in [3.05, 3.63) is 35.0 Å². The largest absolute Gasteiger partial charge is 0.287 e. The van der Waals surface area contributed by atoms with Gasteiger partial charge in [0.15, 0.2) is 0 Å². The molecule has 0 unspecified atom stereocenters. The number of hydrogen-bond acceptors (Lipinski definition) is 2. The van der Waals surface area contributed by atoms with Crippen molar-refractivity contribution in [1.82, 2.24) is 4.90 Å². The monoisotopic (exact) mass is 193 g/mol. The lowest BCUT2D eigenvalue weighted by atomic mass is 10.3. The van der Waals surface area contributed by atoms with Crippen LogP contribution >= 0.6 is 11.8 Å². The molecular formula is C10H11NOS. The van der Waals surface area contributed by atoms with Crippen LogP contribution in [0.25, 0.3) is 0 Å². The van der Waals surface area contributed by atoms with Gasteiger partial charge in [-0.1, -0.05) is 13.0 Å². The molecule has 13 heavy (non-hydrogen) atoms. The van der Waals surface area contributed by atoms with E-state index >= 15 is 0 Å². The summed E-state index contributed by atoms with van der Waals surface area (Å²) in [5, 5.41) is 0. The summed E-state index contributed by atoms with van der Waals surface area (Å²) in [4.78, 5) is 14.4. The second kappa shape index (κ2) is 3.42. The highest BCUT2D eigenvalue weighted by atomic mass is 32.2. The molecule has 1 amide bonds. The first-order valence-electron chi connectivity index (χ1n) is 4.36. The molecule has 0 atom stereocenters. The van der Waals surface area contributed by atoms with Gasteiger partial charge in [0.25, 0.3) is 0 Å².